The molecular formula is C16H34N2O2. The molecule has 0 aliphatic carbocycles. The highest BCUT2D eigenvalue weighted by atomic mass is 16.5. The molecule has 0 amide bonds. The minimum atomic E-state index is -0.154. The van der Waals surface area contributed by atoms with Gasteiger partial charge in [-0.25, -0.2) is 0 Å². The summed E-state index contributed by atoms with van der Waals surface area (Å²) in [5, 5.41) is 12.7. The van der Waals surface area contributed by atoms with Crippen LogP contribution in [0.2, 0.25) is 0 Å². The van der Waals surface area contributed by atoms with Crippen molar-refractivity contribution in [2.75, 3.05) is 33.3 Å². The van der Waals surface area contributed by atoms with E-state index in [0.717, 1.165) is 19.6 Å². The number of nitrogens with zero attached hydrogens (tertiary/aromatic N) is 1. The third kappa shape index (κ3) is 4.17. The molecule has 0 radical (unpaired) electrons. The number of rotatable bonds is 8. The first kappa shape index (κ1) is 17.9. The molecule has 0 aromatic heterocycles. The Morgan fingerprint density at radius 2 is 1.80 bits per heavy atom. The van der Waals surface area contributed by atoms with Gasteiger partial charge in [0, 0.05) is 25.0 Å². The van der Waals surface area contributed by atoms with Crippen LogP contribution >= 0.6 is 0 Å². The number of ether oxygens (including phenoxy) is 1. The second kappa shape index (κ2) is 7.21. The number of hydrogen-bond acceptors (Lipinski definition) is 4. The molecule has 1 rings (SSSR count). The minimum absolute atomic E-state index is 0.142. The van der Waals surface area contributed by atoms with Gasteiger partial charge in [0.2, 0.25) is 0 Å². The molecule has 4 heteroatoms. The molecule has 0 aromatic rings. The second-order valence-corrected chi connectivity index (χ2v) is 7.06. The quantitative estimate of drug-likeness (QED) is 0.715. The molecule has 4 nitrogen and oxygen atoms in total. The first-order valence-electron chi connectivity index (χ1n) is 7.99. The van der Waals surface area contributed by atoms with E-state index in [0.29, 0.717) is 12.0 Å². The van der Waals surface area contributed by atoms with E-state index >= 15 is 0 Å². The summed E-state index contributed by atoms with van der Waals surface area (Å²) in [5.74, 6) is 0.422. The Kier molecular flexibility index (Phi) is 6.45. The Bertz CT molecular complexity index is 292. The molecule has 2 atom stereocenters. The predicted molar refractivity (Wildman–Crippen MR) is 84.0 cm³/mol. The lowest BCUT2D eigenvalue weighted by atomic mass is 9.82. The van der Waals surface area contributed by atoms with Crippen LogP contribution in [0.1, 0.15) is 47.5 Å². The Morgan fingerprint density at radius 3 is 2.30 bits per heavy atom. The Labute approximate surface area is 124 Å². The number of hydrogen-bond donors (Lipinski definition) is 2. The van der Waals surface area contributed by atoms with Gasteiger partial charge < -0.3 is 20.1 Å². The van der Waals surface area contributed by atoms with Crippen molar-refractivity contribution in [2.24, 2.45) is 5.92 Å². The van der Waals surface area contributed by atoms with Gasteiger partial charge in [0.25, 0.3) is 0 Å². The maximum absolute atomic E-state index is 9.28. The van der Waals surface area contributed by atoms with Gasteiger partial charge in [0.05, 0.1) is 17.8 Å². The zero-order valence-corrected chi connectivity index (χ0v) is 14.2. The fraction of sp³-hybridized carbons (Fsp3) is 1.00. The van der Waals surface area contributed by atoms with Crippen LogP contribution in [0.4, 0.5) is 0 Å². The topological polar surface area (TPSA) is 44.7 Å². The number of aliphatic hydroxyl groups excluding tert-OH is 1. The van der Waals surface area contributed by atoms with E-state index in [4.69, 9.17) is 4.74 Å². The monoisotopic (exact) mass is 286 g/mol. The van der Waals surface area contributed by atoms with E-state index in [-0.39, 0.29) is 17.8 Å². The van der Waals surface area contributed by atoms with Gasteiger partial charge >= 0.3 is 0 Å². The van der Waals surface area contributed by atoms with Crippen molar-refractivity contribution < 1.29 is 9.84 Å². The number of likely N-dealkylation sites (N-methyl/N-ethyl adjacent to an activating group) is 1. The molecule has 1 fully saturated rings. The average Bonchev–Trinajstić information content (AvgIpc) is 2.51. The summed E-state index contributed by atoms with van der Waals surface area (Å²) in [6.45, 7) is 13.9. The molecule has 1 aliphatic rings. The zero-order chi connectivity index (χ0) is 15.4. The van der Waals surface area contributed by atoms with Gasteiger partial charge in [-0.3, -0.25) is 0 Å². The van der Waals surface area contributed by atoms with Crippen LogP contribution in [-0.4, -0.2) is 60.5 Å². The Balaban J connectivity index is 2.79. The molecule has 2 N–H and O–H groups in total. The van der Waals surface area contributed by atoms with Crippen LogP contribution in [0.3, 0.4) is 0 Å². The van der Waals surface area contributed by atoms with Crippen molar-refractivity contribution in [3.8, 4) is 0 Å². The number of aliphatic hydroxyl groups is 1. The van der Waals surface area contributed by atoms with Gasteiger partial charge in [0.15, 0.2) is 0 Å². The Hall–Kier alpha value is -0.160. The maximum Gasteiger partial charge on any atom is 0.0790 e. The molecule has 1 heterocycles. The lowest BCUT2D eigenvalue weighted by Crippen LogP contribution is -2.50. The van der Waals surface area contributed by atoms with E-state index in [2.05, 4.69) is 44.8 Å². The van der Waals surface area contributed by atoms with Crippen LogP contribution < -0.4 is 5.32 Å². The summed E-state index contributed by atoms with van der Waals surface area (Å²) >= 11 is 0. The van der Waals surface area contributed by atoms with E-state index in [1.54, 1.807) is 0 Å². The smallest absolute Gasteiger partial charge is 0.0790 e. The fourth-order valence-electron chi connectivity index (χ4n) is 3.67. The first-order chi connectivity index (χ1) is 9.28. The Morgan fingerprint density at radius 1 is 1.15 bits per heavy atom. The molecular weight excluding hydrogens is 252 g/mol. The van der Waals surface area contributed by atoms with Crippen molar-refractivity contribution in [1.82, 2.24) is 10.2 Å². The van der Waals surface area contributed by atoms with E-state index in [9.17, 15) is 5.11 Å². The van der Waals surface area contributed by atoms with Crippen molar-refractivity contribution >= 4 is 0 Å². The van der Waals surface area contributed by atoms with Crippen molar-refractivity contribution in [2.45, 2.75) is 64.7 Å². The summed E-state index contributed by atoms with van der Waals surface area (Å²) in [6.07, 6.45) is 2.37. The van der Waals surface area contributed by atoms with Crippen LogP contribution in [0.5, 0.6) is 0 Å². The van der Waals surface area contributed by atoms with Gasteiger partial charge in [-0.05, 0) is 47.7 Å². The van der Waals surface area contributed by atoms with Crippen molar-refractivity contribution in [3.63, 3.8) is 0 Å². The molecule has 0 saturated carbocycles. The third-order valence-corrected chi connectivity index (χ3v) is 4.58. The van der Waals surface area contributed by atoms with Crippen LogP contribution in [-0.2, 0) is 4.74 Å². The molecule has 0 spiro atoms. The lowest BCUT2D eigenvalue weighted by molar-refractivity contribution is -0.0796. The highest BCUT2D eigenvalue weighted by Crippen LogP contribution is 2.42. The van der Waals surface area contributed by atoms with E-state index in [1.165, 1.54) is 12.8 Å². The van der Waals surface area contributed by atoms with E-state index in [1.807, 2.05) is 7.05 Å². The van der Waals surface area contributed by atoms with Crippen LogP contribution in [0.25, 0.3) is 0 Å². The fourth-order valence-corrected chi connectivity index (χ4v) is 3.67. The highest BCUT2D eigenvalue weighted by molar-refractivity contribution is 5.05. The molecule has 0 bridgehead atoms. The molecule has 1 saturated heterocycles. The van der Waals surface area contributed by atoms with Gasteiger partial charge in [0.1, 0.15) is 0 Å². The second-order valence-electron chi connectivity index (χ2n) is 7.06. The standard InChI is InChI=1S/C16H34N2O2/c1-7-8-9-18(10-11-19)12-13-14(17-6)16(4,5)20-15(13,2)3/h13-14,17,19H,7-12H2,1-6H3. The summed E-state index contributed by atoms with van der Waals surface area (Å²) < 4.78 is 6.28. The zero-order valence-electron chi connectivity index (χ0n) is 14.2. The predicted octanol–water partition coefficient (Wildman–Crippen LogP) is 1.87. The largest absolute Gasteiger partial charge is 0.395 e. The van der Waals surface area contributed by atoms with Crippen molar-refractivity contribution in [3.05, 3.63) is 0 Å². The average molecular weight is 286 g/mol. The molecule has 2 unspecified atom stereocenters. The molecule has 120 valence electrons. The SMILES string of the molecule is CCCCN(CCO)CC1C(NC)C(C)(C)OC1(C)C. The van der Waals surface area contributed by atoms with Gasteiger partial charge in [-0.1, -0.05) is 13.3 Å². The van der Waals surface area contributed by atoms with Gasteiger partial charge in [-0.2, -0.15) is 0 Å². The number of nitrogens with one attached hydrogen (secondary N) is 1. The van der Waals surface area contributed by atoms with Crippen molar-refractivity contribution in [1.29, 1.82) is 0 Å². The number of unbranched alkanes of at least 4 members (excludes halogenated alkanes) is 1. The molecule has 20 heavy (non-hydrogen) atoms. The van der Waals surface area contributed by atoms with Crippen LogP contribution in [0, 0.1) is 5.92 Å². The molecule has 0 aromatic carbocycles. The van der Waals surface area contributed by atoms with Crippen LogP contribution in [0.15, 0.2) is 0 Å². The lowest BCUT2D eigenvalue weighted by Gasteiger charge is -2.34. The first-order valence-corrected chi connectivity index (χ1v) is 7.99. The minimum Gasteiger partial charge on any atom is -0.395 e. The third-order valence-electron chi connectivity index (χ3n) is 4.58. The summed E-state index contributed by atoms with van der Waals surface area (Å²) in [7, 11) is 2.02. The molecule has 1 aliphatic heterocycles. The van der Waals surface area contributed by atoms with E-state index < -0.39 is 0 Å². The summed E-state index contributed by atoms with van der Waals surface area (Å²) in [4.78, 5) is 2.38. The maximum atomic E-state index is 9.28. The summed E-state index contributed by atoms with van der Waals surface area (Å²) in [5.41, 5.74) is -0.296. The highest BCUT2D eigenvalue weighted by Gasteiger charge is 2.53. The normalized spacial score (nSPS) is 28.2. The van der Waals surface area contributed by atoms with Gasteiger partial charge in [-0.15, -0.1) is 0 Å². The summed E-state index contributed by atoms with van der Waals surface area (Å²) in [6, 6.07) is 0.334.